The van der Waals surface area contributed by atoms with Crippen molar-refractivity contribution >= 4 is 15.9 Å². The molecule has 7 heteroatoms. The number of rotatable bonds is 8. The zero-order valence-corrected chi connectivity index (χ0v) is 14.3. The van der Waals surface area contributed by atoms with E-state index >= 15 is 0 Å². The van der Waals surface area contributed by atoms with Gasteiger partial charge in [0.15, 0.2) is 0 Å². The number of ether oxygens (including phenoxy) is 1. The Labute approximate surface area is 132 Å². The van der Waals surface area contributed by atoms with Crippen LogP contribution in [0, 0.1) is 0 Å². The molecule has 0 spiro atoms. The number of methoxy groups -OCH3 is 1. The predicted molar refractivity (Wildman–Crippen MR) is 86.3 cm³/mol. The lowest BCUT2D eigenvalue weighted by Gasteiger charge is -2.23. The van der Waals surface area contributed by atoms with Crippen LogP contribution < -0.4 is 9.46 Å². The number of carbonyl (C=O) groups is 1. The molecule has 0 saturated heterocycles. The summed E-state index contributed by atoms with van der Waals surface area (Å²) in [6.45, 7) is 4.99. The minimum Gasteiger partial charge on any atom is -0.497 e. The Hall–Kier alpha value is -1.60. The molecular formula is C15H24N2O4S. The van der Waals surface area contributed by atoms with Gasteiger partial charge in [-0.3, -0.25) is 4.79 Å². The van der Waals surface area contributed by atoms with Crippen LogP contribution in [0.4, 0.5) is 0 Å². The highest BCUT2D eigenvalue weighted by Crippen LogP contribution is 2.22. The molecule has 6 nitrogen and oxygen atoms in total. The van der Waals surface area contributed by atoms with Crippen molar-refractivity contribution in [3.05, 3.63) is 29.8 Å². The van der Waals surface area contributed by atoms with Crippen LogP contribution in [-0.2, 0) is 14.8 Å². The number of hydrogen-bond acceptors (Lipinski definition) is 4. The number of benzene rings is 1. The number of sulfonamides is 1. The average molecular weight is 328 g/mol. The summed E-state index contributed by atoms with van der Waals surface area (Å²) in [6, 6.07) is 6.42. The summed E-state index contributed by atoms with van der Waals surface area (Å²) in [7, 11) is -1.86. The van der Waals surface area contributed by atoms with E-state index in [0.29, 0.717) is 18.8 Å². The zero-order chi connectivity index (χ0) is 16.8. The van der Waals surface area contributed by atoms with E-state index < -0.39 is 16.1 Å². The smallest absolute Gasteiger partial charge is 0.224 e. The van der Waals surface area contributed by atoms with Crippen LogP contribution in [0.2, 0.25) is 0 Å². The van der Waals surface area contributed by atoms with Gasteiger partial charge in [-0.05, 0) is 31.5 Å². The van der Waals surface area contributed by atoms with Crippen LogP contribution in [0.15, 0.2) is 24.3 Å². The van der Waals surface area contributed by atoms with Crippen molar-refractivity contribution in [2.24, 2.45) is 0 Å². The fourth-order valence-corrected chi connectivity index (χ4v) is 2.94. The van der Waals surface area contributed by atoms with Gasteiger partial charge >= 0.3 is 0 Å². The van der Waals surface area contributed by atoms with E-state index in [1.165, 1.54) is 0 Å². The lowest BCUT2D eigenvalue weighted by molar-refractivity contribution is -0.131. The summed E-state index contributed by atoms with van der Waals surface area (Å²) >= 11 is 0. The van der Waals surface area contributed by atoms with Gasteiger partial charge in [0.25, 0.3) is 0 Å². The Bertz CT molecular complexity index is 580. The van der Waals surface area contributed by atoms with E-state index in [-0.39, 0.29) is 12.3 Å². The first kappa shape index (κ1) is 18.4. The molecule has 1 aromatic rings. The van der Waals surface area contributed by atoms with Crippen LogP contribution >= 0.6 is 0 Å². The van der Waals surface area contributed by atoms with E-state index in [1.54, 1.807) is 36.3 Å². The lowest BCUT2D eigenvalue weighted by Crippen LogP contribution is -2.36. The fourth-order valence-electron chi connectivity index (χ4n) is 2.20. The summed E-state index contributed by atoms with van der Waals surface area (Å²) in [6.07, 6.45) is 1.17. The summed E-state index contributed by atoms with van der Waals surface area (Å²) in [5.74, 6) is 0.596. The Balaban J connectivity index is 2.99. The van der Waals surface area contributed by atoms with Crippen LogP contribution in [0.5, 0.6) is 5.75 Å². The molecule has 0 aliphatic rings. The normalized spacial score (nSPS) is 12.7. The Morgan fingerprint density at radius 1 is 1.23 bits per heavy atom. The van der Waals surface area contributed by atoms with E-state index in [9.17, 15) is 13.2 Å². The zero-order valence-electron chi connectivity index (χ0n) is 13.5. The number of amides is 1. The van der Waals surface area contributed by atoms with Gasteiger partial charge in [0, 0.05) is 19.5 Å². The van der Waals surface area contributed by atoms with Gasteiger partial charge in [-0.1, -0.05) is 12.1 Å². The minimum atomic E-state index is -3.42. The average Bonchev–Trinajstić information content (AvgIpc) is 2.46. The van der Waals surface area contributed by atoms with Crippen molar-refractivity contribution in [1.82, 2.24) is 9.62 Å². The molecule has 0 aromatic heterocycles. The van der Waals surface area contributed by atoms with Crippen molar-refractivity contribution in [2.75, 3.05) is 26.5 Å². The second kappa shape index (κ2) is 8.14. The molecule has 0 fully saturated rings. The maximum atomic E-state index is 12.3. The molecule has 1 aromatic carbocycles. The maximum absolute atomic E-state index is 12.3. The highest BCUT2D eigenvalue weighted by atomic mass is 32.2. The highest BCUT2D eigenvalue weighted by Gasteiger charge is 2.22. The molecule has 1 amide bonds. The summed E-state index contributed by atoms with van der Waals surface area (Å²) in [5, 5.41) is 0. The number of nitrogens with zero attached hydrogens (tertiary/aromatic N) is 1. The lowest BCUT2D eigenvalue weighted by atomic mass is 10.0. The van der Waals surface area contributed by atoms with Gasteiger partial charge in [-0.15, -0.1) is 0 Å². The predicted octanol–water partition coefficient (Wildman–Crippen LogP) is 1.54. The van der Waals surface area contributed by atoms with Crippen molar-refractivity contribution in [1.29, 1.82) is 0 Å². The van der Waals surface area contributed by atoms with Gasteiger partial charge in [0.2, 0.25) is 15.9 Å². The Kier molecular flexibility index (Phi) is 6.83. The number of hydrogen-bond donors (Lipinski definition) is 1. The van der Waals surface area contributed by atoms with Gasteiger partial charge in [0.1, 0.15) is 5.75 Å². The second-order valence-corrected chi connectivity index (χ2v) is 6.77. The molecule has 0 unspecified atom stereocenters. The van der Waals surface area contributed by atoms with Crippen LogP contribution in [0.25, 0.3) is 0 Å². The fraction of sp³-hybridized carbons (Fsp3) is 0.533. The van der Waals surface area contributed by atoms with Crippen molar-refractivity contribution in [2.45, 2.75) is 26.3 Å². The van der Waals surface area contributed by atoms with Gasteiger partial charge < -0.3 is 9.64 Å². The van der Waals surface area contributed by atoms with Crippen molar-refractivity contribution < 1.29 is 17.9 Å². The van der Waals surface area contributed by atoms with Crippen molar-refractivity contribution in [3.8, 4) is 5.75 Å². The quantitative estimate of drug-likeness (QED) is 0.785. The SMILES string of the molecule is CCN(CC)C(=O)C[C@H](NS(C)(=O)=O)c1ccc(OC)cc1. The first-order chi connectivity index (χ1) is 10.3. The molecule has 0 aliphatic heterocycles. The van der Waals surface area contributed by atoms with Crippen LogP contribution in [-0.4, -0.2) is 45.7 Å². The third-order valence-corrected chi connectivity index (χ3v) is 4.08. The standard InChI is InChI=1S/C15H24N2O4S/c1-5-17(6-2)15(18)11-14(16-22(4,19)20)12-7-9-13(21-3)10-8-12/h7-10,14,16H,5-6,11H2,1-4H3/t14-/m0/s1. The third kappa shape index (κ3) is 5.65. The molecule has 0 radical (unpaired) electrons. The molecule has 0 heterocycles. The summed E-state index contributed by atoms with van der Waals surface area (Å²) < 4.78 is 30.8. The molecule has 1 N–H and O–H groups in total. The van der Waals surface area contributed by atoms with Gasteiger partial charge in [-0.2, -0.15) is 0 Å². The Morgan fingerprint density at radius 2 is 1.77 bits per heavy atom. The topological polar surface area (TPSA) is 75.7 Å². The highest BCUT2D eigenvalue weighted by molar-refractivity contribution is 7.88. The molecule has 0 aliphatic carbocycles. The second-order valence-electron chi connectivity index (χ2n) is 4.99. The monoisotopic (exact) mass is 328 g/mol. The summed E-state index contributed by atoms with van der Waals surface area (Å²) in [5.41, 5.74) is 0.728. The molecule has 124 valence electrons. The first-order valence-electron chi connectivity index (χ1n) is 7.19. The molecule has 1 rings (SSSR count). The van der Waals surface area contributed by atoms with E-state index in [1.807, 2.05) is 13.8 Å². The number of carbonyl (C=O) groups excluding carboxylic acids is 1. The van der Waals surface area contributed by atoms with Crippen molar-refractivity contribution in [3.63, 3.8) is 0 Å². The summed E-state index contributed by atoms with van der Waals surface area (Å²) in [4.78, 5) is 13.9. The molecule has 22 heavy (non-hydrogen) atoms. The molecule has 0 saturated carbocycles. The van der Waals surface area contributed by atoms with E-state index in [4.69, 9.17) is 4.74 Å². The third-order valence-electron chi connectivity index (χ3n) is 3.37. The Morgan fingerprint density at radius 3 is 2.18 bits per heavy atom. The largest absolute Gasteiger partial charge is 0.497 e. The van der Waals surface area contributed by atoms with E-state index in [2.05, 4.69) is 4.72 Å². The van der Waals surface area contributed by atoms with Gasteiger partial charge in [0.05, 0.1) is 19.4 Å². The molecule has 1 atom stereocenters. The first-order valence-corrected chi connectivity index (χ1v) is 9.08. The minimum absolute atomic E-state index is 0.0815. The van der Waals surface area contributed by atoms with E-state index in [0.717, 1.165) is 11.8 Å². The van der Waals surface area contributed by atoms with Crippen LogP contribution in [0.1, 0.15) is 31.9 Å². The number of nitrogens with one attached hydrogen (secondary N) is 1. The molecular weight excluding hydrogens is 304 g/mol. The maximum Gasteiger partial charge on any atom is 0.224 e. The molecule has 0 bridgehead atoms. The van der Waals surface area contributed by atoms with Gasteiger partial charge in [-0.25, -0.2) is 13.1 Å². The van der Waals surface area contributed by atoms with Crippen LogP contribution in [0.3, 0.4) is 0 Å².